The maximum atomic E-state index is 12.4. The topological polar surface area (TPSA) is 60.3 Å². The molecule has 0 aliphatic rings. The van der Waals surface area contributed by atoms with Crippen molar-refractivity contribution >= 4 is 23.2 Å². The number of aryl methyl sites for hydroxylation is 1. The van der Waals surface area contributed by atoms with Crippen LogP contribution in [0.1, 0.15) is 39.8 Å². The van der Waals surface area contributed by atoms with Crippen LogP contribution in [0.3, 0.4) is 0 Å². The summed E-state index contributed by atoms with van der Waals surface area (Å²) in [6, 6.07) is 14.0. The number of carbonyl (C=O) groups excluding carboxylic acids is 2. The smallest absolute Gasteiger partial charge is 0.339 e. The van der Waals surface area contributed by atoms with Gasteiger partial charge in [0.2, 0.25) is 5.91 Å². The highest BCUT2D eigenvalue weighted by Gasteiger charge is 2.20. The van der Waals surface area contributed by atoms with Crippen molar-refractivity contribution in [3.05, 3.63) is 69.5 Å². The number of esters is 1. The van der Waals surface area contributed by atoms with E-state index in [1.54, 1.807) is 18.3 Å². The van der Waals surface area contributed by atoms with Gasteiger partial charge in [-0.25, -0.2) is 4.79 Å². The van der Waals surface area contributed by atoms with Crippen LogP contribution >= 0.6 is 11.3 Å². The number of thiophene rings is 1. The number of benzene rings is 1. The summed E-state index contributed by atoms with van der Waals surface area (Å²) >= 11 is 1.62. The molecule has 0 bridgehead atoms. The lowest BCUT2D eigenvalue weighted by atomic mass is 10.1. The molecule has 0 spiro atoms. The molecule has 0 saturated heterocycles. The molecule has 29 heavy (non-hydrogen) atoms. The summed E-state index contributed by atoms with van der Waals surface area (Å²) < 4.78 is 7.24. The second kappa shape index (κ2) is 9.56. The van der Waals surface area contributed by atoms with Crippen LogP contribution < -0.4 is 5.32 Å². The van der Waals surface area contributed by atoms with Crippen LogP contribution in [0.25, 0.3) is 11.3 Å². The molecule has 6 heteroatoms. The molecular weight excluding hydrogens is 384 g/mol. The summed E-state index contributed by atoms with van der Waals surface area (Å²) in [6.45, 7) is 7.09. The number of amides is 1. The SMILES string of the molecule is CCOC(=O)c1cc(-c2ccc(C)cc2)n(CCC(=O)NCc2cccs2)c1C. The fourth-order valence-corrected chi connectivity index (χ4v) is 3.86. The highest BCUT2D eigenvalue weighted by molar-refractivity contribution is 7.09. The van der Waals surface area contributed by atoms with E-state index in [4.69, 9.17) is 4.74 Å². The Labute approximate surface area is 175 Å². The lowest BCUT2D eigenvalue weighted by Crippen LogP contribution is -2.23. The largest absolute Gasteiger partial charge is 0.462 e. The predicted molar refractivity (Wildman–Crippen MR) is 116 cm³/mol. The number of ether oxygens (including phenoxy) is 1. The van der Waals surface area contributed by atoms with Crippen molar-refractivity contribution in [3.8, 4) is 11.3 Å². The lowest BCUT2D eigenvalue weighted by Gasteiger charge is -2.12. The van der Waals surface area contributed by atoms with Crippen molar-refractivity contribution in [1.29, 1.82) is 0 Å². The Hall–Kier alpha value is -2.86. The molecule has 0 unspecified atom stereocenters. The predicted octanol–water partition coefficient (Wildman–Crippen LogP) is 4.72. The molecule has 0 saturated carbocycles. The van der Waals surface area contributed by atoms with Gasteiger partial charge >= 0.3 is 5.97 Å². The van der Waals surface area contributed by atoms with Crippen molar-refractivity contribution in [2.75, 3.05) is 6.61 Å². The highest BCUT2D eigenvalue weighted by Crippen LogP contribution is 2.27. The second-order valence-electron chi connectivity index (χ2n) is 6.87. The minimum Gasteiger partial charge on any atom is -0.462 e. The van der Waals surface area contributed by atoms with E-state index in [1.165, 1.54) is 5.56 Å². The normalized spacial score (nSPS) is 10.7. The minimum absolute atomic E-state index is 0.0148. The number of nitrogens with one attached hydrogen (secondary N) is 1. The molecule has 0 fully saturated rings. The quantitative estimate of drug-likeness (QED) is 0.547. The molecule has 2 heterocycles. The summed E-state index contributed by atoms with van der Waals surface area (Å²) in [5.74, 6) is -0.349. The Morgan fingerprint density at radius 1 is 1.14 bits per heavy atom. The Morgan fingerprint density at radius 2 is 1.90 bits per heavy atom. The van der Waals surface area contributed by atoms with Gasteiger partial charge in [-0.1, -0.05) is 35.9 Å². The van der Waals surface area contributed by atoms with Gasteiger partial charge in [0, 0.05) is 29.2 Å². The molecule has 0 radical (unpaired) electrons. The van der Waals surface area contributed by atoms with Gasteiger partial charge in [-0.15, -0.1) is 11.3 Å². The zero-order valence-electron chi connectivity index (χ0n) is 17.0. The van der Waals surface area contributed by atoms with E-state index in [0.29, 0.717) is 31.7 Å². The van der Waals surface area contributed by atoms with E-state index >= 15 is 0 Å². The molecule has 0 aliphatic heterocycles. The van der Waals surface area contributed by atoms with Gasteiger partial charge in [-0.2, -0.15) is 0 Å². The summed E-state index contributed by atoms with van der Waals surface area (Å²) in [5.41, 5.74) is 4.44. The van der Waals surface area contributed by atoms with Crippen molar-refractivity contribution in [3.63, 3.8) is 0 Å². The molecule has 2 aromatic heterocycles. The standard InChI is InChI=1S/C23H26N2O3S/c1-4-28-23(27)20-14-21(18-9-7-16(2)8-10-18)25(17(20)3)12-11-22(26)24-15-19-6-5-13-29-19/h5-10,13-14H,4,11-12,15H2,1-3H3,(H,24,26). The monoisotopic (exact) mass is 410 g/mol. The van der Waals surface area contributed by atoms with E-state index in [1.807, 2.05) is 66.3 Å². The van der Waals surface area contributed by atoms with E-state index in [-0.39, 0.29) is 11.9 Å². The number of hydrogen-bond donors (Lipinski definition) is 1. The average Bonchev–Trinajstić information content (AvgIpc) is 3.33. The Morgan fingerprint density at radius 3 is 2.55 bits per heavy atom. The zero-order chi connectivity index (χ0) is 20.8. The van der Waals surface area contributed by atoms with Crippen LogP contribution in [0.4, 0.5) is 0 Å². The summed E-state index contributed by atoms with van der Waals surface area (Å²) in [6.07, 6.45) is 0.335. The van der Waals surface area contributed by atoms with Gasteiger partial charge < -0.3 is 14.6 Å². The van der Waals surface area contributed by atoms with Crippen LogP contribution in [-0.2, 0) is 22.6 Å². The Kier molecular flexibility index (Phi) is 6.88. The molecule has 3 aromatic rings. The van der Waals surface area contributed by atoms with Crippen molar-refractivity contribution in [2.24, 2.45) is 0 Å². The maximum Gasteiger partial charge on any atom is 0.339 e. The van der Waals surface area contributed by atoms with Gasteiger partial charge in [0.05, 0.1) is 18.7 Å². The van der Waals surface area contributed by atoms with E-state index < -0.39 is 0 Å². The fourth-order valence-electron chi connectivity index (χ4n) is 3.21. The number of rotatable bonds is 8. The number of aromatic nitrogens is 1. The van der Waals surface area contributed by atoms with Crippen molar-refractivity contribution in [2.45, 2.75) is 40.3 Å². The first-order chi connectivity index (χ1) is 14.0. The number of carbonyl (C=O) groups is 2. The highest BCUT2D eigenvalue weighted by atomic mass is 32.1. The molecule has 1 N–H and O–H groups in total. The number of hydrogen-bond acceptors (Lipinski definition) is 4. The third kappa shape index (κ3) is 5.15. The Bertz CT molecular complexity index is 972. The average molecular weight is 411 g/mol. The summed E-state index contributed by atoms with van der Waals surface area (Å²) in [4.78, 5) is 25.8. The van der Waals surface area contributed by atoms with Gasteiger partial charge in [-0.05, 0) is 43.8 Å². The van der Waals surface area contributed by atoms with Crippen LogP contribution in [-0.4, -0.2) is 23.1 Å². The molecule has 152 valence electrons. The van der Waals surface area contributed by atoms with E-state index in [0.717, 1.165) is 21.8 Å². The molecule has 0 atom stereocenters. The van der Waals surface area contributed by atoms with Crippen LogP contribution in [0.2, 0.25) is 0 Å². The maximum absolute atomic E-state index is 12.4. The van der Waals surface area contributed by atoms with Gasteiger partial charge in [-0.3, -0.25) is 4.79 Å². The second-order valence-corrected chi connectivity index (χ2v) is 7.91. The fraction of sp³-hybridized carbons (Fsp3) is 0.304. The van der Waals surface area contributed by atoms with Crippen LogP contribution in [0, 0.1) is 13.8 Å². The molecule has 1 amide bonds. The van der Waals surface area contributed by atoms with E-state index in [2.05, 4.69) is 5.32 Å². The molecule has 3 rings (SSSR count). The minimum atomic E-state index is -0.334. The zero-order valence-corrected chi connectivity index (χ0v) is 17.8. The van der Waals surface area contributed by atoms with Gasteiger partial charge in [0.1, 0.15) is 0 Å². The first kappa shape index (κ1) is 20.9. The molecule has 5 nitrogen and oxygen atoms in total. The van der Waals surface area contributed by atoms with Gasteiger partial charge in [0.25, 0.3) is 0 Å². The summed E-state index contributed by atoms with van der Waals surface area (Å²) in [7, 11) is 0. The summed E-state index contributed by atoms with van der Waals surface area (Å²) in [5, 5.41) is 4.95. The molecule has 1 aromatic carbocycles. The van der Waals surface area contributed by atoms with Crippen molar-refractivity contribution < 1.29 is 14.3 Å². The Balaban J connectivity index is 1.80. The molecule has 0 aliphatic carbocycles. The third-order valence-corrected chi connectivity index (χ3v) is 5.69. The van der Waals surface area contributed by atoms with E-state index in [9.17, 15) is 9.59 Å². The number of nitrogens with zero attached hydrogens (tertiary/aromatic N) is 1. The first-order valence-corrected chi connectivity index (χ1v) is 10.6. The molecular formula is C23H26N2O3S. The third-order valence-electron chi connectivity index (χ3n) is 4.81. The van der Waals surface area contributed by atoms with Crippen molar-refractivity contribution in [1.82, 2.24) is 9.88 Å². The van der Waals surface area contributed by atoms with Gasteiger partial charge in [0.15, 0.2) is 0 Å². The first-order valence-electron chi connectivity index (χ1n) is 9.73. The van der Waals surface area contributed by atoms with Crippen LogP contribution in [0.15, 0.2) is 47.8 Å². The lowest BCUT2D eigenvalue weighted by molar-refractivity contribution is -0.121. The van der Waals surface area contributed by atoms with Crippen LogP contribution in [0.5, 0.6) is 0 Å².